The number of alkyl halides is 3. The largest absolute Gasteiger partial charge is 0.450 e. The molecule has 6 heteroatoms. The molecule has 2 nitrogen and oxygen atoms in total. The van der Waals surface area contributed by atoms with Crippen molar-refractivity contribution < 1.29 is 13.2 Å². The van der Waals surface area contributed by atoms with E-state index >= 15 is 0 Å². The second-order valence-corrected chi connectivity index (χ2v) is 6.75. The first-order chi connectivity index (χ1) is 11.3. The van der Waals surface area contributed by atoms with Crippen molar-refractivity contribution >= 4 is 45.0 Å². The van der Waals surface area contributed by atoms with Crippen molar-refractivity contribution in [3.63, 3.8) is 0 Å². The first-order valence-electron chi connectivity index (χ1n) is 7.26. The molecule has 0 saturated carbocycles. The fourth-order valence-corrected chi connectivity index (χ4v) is 3.39. The van der Waals surface area contributed by atoms with Crippen LogP contribution in [0.15, 0.2) is 53.7 Å². The van der Waals surface area contributed by atoms with E-state index in [4.69, 9.17) is 0 Å². The number of rotatable bonds is 1. The molecular formula is C18H14F3IN2. The predicted molar refractivity (Wildman–Crippen MR) is 99.1 cm³/mol. The van der Waals surface area contributed by atoms with Gasteiger partial charge in [0.1, 0.15) is 0 Å². The van der Waals surface area contributed by atoms with Gasteiger partial charge in [-0.15, -0.1) is 0 Å². The van der Waals surface area contributed by atoms with Crippen LogP contribution in [-0.2, 0) is 0 Å². The summed E-state index contributed by atoms with van der Waals surface area (Å²) in [4.78, 5) is 3.95. The second kappa shape index (κ2) is 6.23. The van der Waals surface area contributed by atoms with Gasteiger partial charge >= 0.3 is 6.18 Å². The molecule has 0 amide bonds. The van der Waals surface area contributed by atoms with Crippen LogP contribution in [0.25, 0.3) is 10.9 Å². The molecule has 1 heterocycles. The van der Waals surface area contributed by atoms with Gasteiger partial charge in [0, 0.05) is 15.2 Å². The number of nitrogens with zero attached hydrogens (tertiary/aromatic N) is 2. The molecule has 0 unspecified atom stereocenters. The maximum Gasteiger partial charge on any atom is 0.450 e. The summed E-state index contributed by atoms with van der Waals surface area (Å²) >= 11 is 2.01. The molecule has 2 aromatic carbocycles. The summed E-state index contributed by atoms with van der Waals surface area (Å²) in [5, 5.41) is 0.785. The Hall–Kier alpha value is -1.83. The first kappa shape index (κ1) is 17.0. The van der Waals surface area contributed by atoms with E-state index in [0.717, 1.165) is 21.1 Å². The summed E-state index contributed by atoms with van der Waals surface area (Å²) < 4.78 is 42.9. The number of hydrogen-bond acceptors (Lipinski definition) is 1. The van der Waals surface area contributed by atoms with Crippen LogP contribution in [-0.4, -0.2) is 16.6 Å². The zero-order valence-electron chi connectivity index (χ0n) is 13.0. The zero-order valence-corrected chi connectivity index (χ0v) is 15.2. The molecule has 0 N–H and O–H groups in total. The second-order valence-electron chi connectivity index (χ2n) is 5.59. The van der Waals surface area contributed by atoms with Gasteiger partial charge in [-0.05, 0) is 65.8 Å². The average Bonchev–Trinajstić information content (AvgIpc) is 2.83. The number of para-hydroxylation sites is 1. The zero-order chi connectivity index (χ0) is 17.5. The van der Waals surface area contributed by atoms with Gasteiger partial charge < -0.3 is 0 Å². The van der Waals surface area contributed by atoms with Crippen molar-refractivity contribution in [2.24, 2.45) is 4.99 Å². The van der Waals surface area contributed by atoms with Crippen molar-refractivity contribution in [1.29, 1.82) is 0 Å². The Morgan fingerprint density at radius 2 is 1.79 bits per heavy atom. The number of aliphatic imine (C=N–C) groups is 1. The topological polar surface area (TPSA) is 17.3 Å². The summed E-state index contributed by atoms with van der Waals surface area (Å²) in [6.45, 7) is 3.69. The third-order valence-electron chi connectivity index (χ3n) is 3.72. The molecule has 124 valence electrons. The molecule has 0 spiro atoms. The Bertz CT molecular complexity index is 939. The van der Waals surface area contributed by atoms with Gasteiger partial charge in [0.2, 0.25) is 5.84 Å². The summed E-state index contributed by atoms with van der Waals surface area (Å²) in [6, 6.07) is 12.2. The molecule has 0 radical (unpaired) electrons. The highest BCUT2D eigenvalue weighted by Crippen LogP contribution is 2.30. The van der Waals surface area contributed by atoms with Gasteiger partial charge in [-0.1, -0.05) is 24.3 Å². The van der Waals surface area contributed by atoms with Crippen molar-refractivity contribution in [2.75, 3.05) is 0 Å². The lowest BCUT2D eigenvalue weighted by Crippen LogP contribution is -2.29. The van der Waals surface area contributed by atoms with Gasteiger partial charge in [0.05, 0.1) is 11.2 Å². The van der Waals surface area contributed by atoms with E-state index < -0.39 is 12.0 Å². The number of halogens is 4. The number of hydrogen-bond donors (Lipinski definition) is 0. The standard InChI is InChI=1S/C18H14F3IN2/c1-11-7-8-15(14(22)9-11)23-17(18(19,20)21)24-10-12(2)13-5-3-4-6-16(13)24/h3-10H,1-2H3. The third kappa shape index (κ3) is 3.19. The molecule has 0 atom stereocenters. The normalized spacial score (nSPS) is 12.8. The molecule has 3 aromatic rings. The predicted octanol–water partition coefficient (Wildman–Crippen LogP) is 6.00. The van der Waals surface area contributed by atoms with Crippen molar-refractivity contribution in [3.8, 4) is 0 Å². The number of aromatic nitrogens is 1. The summed E-state index contributed by atoms with van der Waals surface area (Å²) in [6.07, 6.45) is -3.08. The van der Waals surface area contributed by atoms with Gasteiger partial charge in [-0.2, -0.15) is 13.2 Å². The first-order valence-corrected chi connectivity index (χ1v) is 8.34. The van der Waals surface area contributed by atoms with Gasteiger partial charge in [0.15, 0.2) is 0 Å². The van der Waals surface area contributed by atoms with Gasteiger partial charge in [0.25, 0.3) is 0 Å². The number of aryl methyl sites for hydroxylation is 2. The minimum atomic E-state index is -4.57. The van der Waals surface area contributed by atoms with E-state index in [-0.39, 0.29) is 0 Å². The molecule has 0 bridgehead atoms. The van der Waals surface area contributed by atoms with E-state index in [9.17, 15) is 13.2 Å². The molecule has 0 fully saturated rings. The average molecular weight is 442 g/mol. The van der Waals surface area contributed by atoms with Crippen LogP contribution in [0.3, 0.4) is 0 Å². The lowest BCUT2D eigenvalue weighted by Gasteiger charge is -2.13. The molecule has 0 aliphatic heterocycles. The third-order valence-corrected chi connectivity index (χ3v) is 4.59. The molecule has 3 rings (SSSR count). The molecule has 1 aromatic heterocycles. The summed E-state index contributed by atoms with van der Waals surface area (Å²) in [5.41, 5.74) is 2.56. The SMILES string of the molecule is Cc1ccc(N=C(n2cc(C)c3ccccc32)C(F)(F)F)c(I)c1. The van der Waals surface area contributed by atoms with Crippen molar-refractivity contribution in [3.05, 3.63) is 63.4 Å². The van der Waals surface area contributed by atoms with Gasteiger partial charge in [-0.25, -0.2) is 4.99 Å². The van der Waals surface area contributed by atoms with E-state index in [1.165, 1.54) is 6.20 Å². The highest BCUT2D eigenvalue weighted by atomic mass is 127. The van der Waals surface area contributed by atoms with Crippen molar-refractivity contribution in [2.45, 2.75) is 20.0 Å². The van der Waals surface area contributed by atoms with Crippen LogP contribution in [0.5, 0.6) is 0 Å². The van der Waals surface area contributed by atoms with Crippen molar-refractivity contribution in [1.82, 2.24) is 4.57 Å². The van der Waals surface area contributed by atoms with Gasteiger partial charge in [-0.3, -0.25) is 4.57 Å². The minimum absolute atomic E-state index is 0.309. The van der Waals surface area contributed by atoms with E-state index in [1.54, 1.807) is 31.2 Å². The molecule has 0 aliphatic rings. The molecule has 0 aliphatic carbocycles. The van der Waals surface area contributed by atoms with E-state index in [1.807, 2.05) is 47.7 Å². The highest BCUT2D eigenvalue weighted by Gasteiger charge is 2.38. The van der Waals surface area contributed by atoms with Crippen LogP contribution < -0.4 is 0 Å². The summed E-state index contributed by atoms with van der Waals surface area (Å²) in [7, 11) is 0. The van der Waals surface area contributed by atoms with Crippen LogP contribution >= 0.6 is 22.6 Å². The fraction of sp³-hybridized carbons (Fsp3) is 0.167. The minimum Gasteiger partial charge on any atom is -0.297 e. The maximum atomic E-state index is 13.7. The Morgan fingerprint density at radius 3 is 2.46 bits per heavy atom. The van der Waals surface area contributed by atoms with Crippen LogP contribution in [0, 0.1) is 17.4 Å². The maximum absolute atomic E-state index is 13.7. The monoisotopic (exact) mass is 442 g/mol. The number of benzene rings is 2. The van der Waals surface area contributed by atoms with Crippen LogP contribution in [0.4, 0.5) is 18.9 Å². The van der Waals surface area contributed by atoms with Crippen LogP contribution in [0.2, 0.25) is 0 Å². The lowest BCUT2D eigenvalue weighted by molar-refractivity contribution is -0.0613. The Balaban J connectivity index is 2.26. The molecular weight excluding hydrogens is 428 g/mol. The highest BCUT2D eigenvalue weighted by molar-refractivity contribution is 14.1. The molecule has 0 saturated heterocycles. The van der Waals surface area contributed by atoms with Crippen LogP contribution in [0.1, 0.15) is 11.1 Å². The van der Waals surface area contributed by atoms with E-state index in [2.05, 4.69) is 4.99 Å². The lowest BCUT2D eigenvalue weighted by atomic mass is 10.2. The van der Waals surface area contributed by atoms with E-state index in [0.29, 0.717) is 14.8 Å². The Kier molecular flexibility index (Phi) is 4.42. The smallest absolute Gasteiger partial charge is 0.297 e. The quantitative estimate of drug-likeness (QED) is 0.250. The Morgan fingerprint density at radius 1 is 1.08 bits per heavy atom. The fourth-order valence-electron chi connectivity index (χ4n) is 2.60. The molecule has 24 heavy (non-hydrogen) atoms. The summed E-state index contributed by atoms with van der Waals surface area (Å²) in [5.74, 6) is -0.937. The number of fused-ring (bicyclic) bond motifs is 1. The Labute approximate surface area is 151 Å².